The van der Waals surface area contributed by atoms with E-state index in [-0.39, 0.29) is 0 Å². The fourth-order valence-electron chi connectivity index (χ4n) is 1.60. The first-order chi connectivity index (χ1) is 6.55. The Morgan fingerprint density at radius 1 is 1.21 bits per heavy atom. The first kappa shape index (κ1) is 10.8. The van der Waals surface area contributed by atoms with Crippen LogP contribution in [0.25, 0.3) is 0 Å². The molecule has 1 rings (SSSR count). The summed E-state index contributed by atoms with van der Waals surface area (Å²) in [4.78, 5) is 0. The van der Waals surface area contributed by atoms with Gasteiger partial charge in [0.25, 0.3) is 0 Å². The van der Waals surface area contributed by atoms with Gasteiger partial charge in [-0.1, -0.05) is 26.0 Å². The largest absolute Gasteiger partial charge is 0.397 e. The molecule has 0 spiro atoms. The highest BCUT2D eigenvalue weighted by Crippen LogP contribution is 2.38. The van der Waals surface area contributed by atoms with Crippen LogP contribution < -0.4 is 11.5 Å². The highest BCUT2D eigenvalue weighted by molar-refractivity contribution is 5.68. The molecule has 0 saturated carbocycles. The van der Waals surface area contributed by atoms with Gasteiger partial charge in [-0.25, -0.2) is 4.39 Å². The van der Waals surface area contributed by atoms with E-state index in [0.29, 0.717) is 29.8 Å². The first-order valence-electron chi connectivity index (χ1n) is 4.88. The summed E-state index contributed by atoms with van der Waals surface area (Å²) in [5.41, 5.74) is 11.4. The van der Waals surface area contributed by atoms with Crippen LogP contribution >= 0.6 is 0 Å². The van der Waals surface area contributed by atoms with Crippen molar-refractivity contribution in [2.75, 3.05) is 11.5 Å². The van der Waals surface area contributed by atoms with Gasteiger partial charge >= 0.3 is 0 Å². The molecule has 4 N–H and O–H groups in total. The van der Waals surface area contributed by atoms with Gasteiger partial charge in [0.1, 0.15) is 5.67 Å². The van der Waals surface area contributed by atoms with Gasteiger partial charge in [0.15, 0.2) is 0 Å². The molecule has 0 amide bonds. The molecule has 0 aliphatic heterocycles. The lowest BCUT2D eigenvalue weighted by molar-refractivity contribution is 0.153. The Balaban J connectivity index is 3.24. The van der Waals surface area contributed by atoms with Gasteiger partial charge in [-0.05, 0) is 18.9 Å². The molecule has 0 radical (unpaired) electrons. The van der Waals surface area contributed by atoms with Crippen LogP contribution in [0.5, 0.6) is 0 Å². The van der Waals surface area contributed by atoms with E-state index in [1.54, 1.807) is 18.2 Å². The third-order valence-corrected chi connectivity index (χ3v) is 2.74. The Morgan fingerprint density at radius 3 is 2.29 bits per heavy atom. The minimum Gasteiger partial charge on any atom is -0.397 e. The van der Waals surface area contributed by atoms with Crippen LogP contribution in [0.3, 0.4) is 0 Å². The Labute approximate surface area is 84.1 Å². The lowest BCUT2D eigenvalue weighted by Crippen LogP contribution is -2.20. The second-order valence-corrected chi connectivity index (χ2v) is 3.48. The third-order valence-electron chi connectivity index (χ3n) is 2.74. The molecule has 2 nitrogen and oxygen atoms in total. The van der Waals surface area contributed by atoms with E-state index in [0.717, 1.165) is 0 Å². The van der Waals surface area contributed by atoms with E-state index in [1.807, 2.05) is 13.8 Å². The van der Waals surface area contributed by atoms with Crippen molar-refractivity contribution in [2.24, 2.45) is 0 Å². The van der Waals surface area contributed by atoms with Gasteiger partial charge in [0.05, 0.1) is 11.4 Å². The van der Waals surface area contributed by atoms with E-state index in [9.17, 15) is 4.39 Å². The number of alkyl halides is 1. The zero-order valence-corrected chi connectivity index (χ0v) is 8.68. The normalized spacial score (nSPS) is 11.6. The quantitative estimate of drug-likeness (QED) is 0.730. The molecule has 78 valence electrons. The molecule has 0 aliphatic rings. The molecular formula is C11H17FN2. The summed E-state index contributed by atoms with van der Waals surface area (Å²) in [5.74, 6) is 0. The second kappa shape index (κ2) is 3.86. The maximum absolute atomic E-state index is 14.3. The lowest BCUT2D eigenvalue weighted by Gasteiger charge is -2.24. The topological polar surface area (TPSA) is 52.0 Å². The molecule has 14 heavy (non-hydrogen) atoms. The van der Waals surface area contributed by atoms with Crippen molar-refractivity contribution in [3.05, 3.63) is 23.8 Å². The summed E-state index contributed by atoms with van der Waals surface area (Å²) in [6.45, 7) is 3.62. The van der Waals surface area contributed by atoms with E-state index >= 15 is 0 Å². The first-order valence-corrected chi connectivity index (χ1v) is 4.88. The molecule has 1 aromatic carbocycles. The summed E-state index contributed by atoms with van der Waals surface area (Å²) in [7, 11) is 0. The molecule has 3 heteroatoms. The predicted octanol–water partition coefficient (Wildman–Crippen LogP) is 2.84. The summed E-state index contributed by atoms with van der Waals surface area (Å²) in [6.07, 6.45) is 0.828. The van der Waals surface area contributed by atoms with Crippen LogP contribution in [0.4, 0.5) is 15.8 Å². The zero-order valence-electron chi connectivity index (χ0n) is 8.68. The molecule has 0 aliphatic carbocycles. The van der Waals surface area contributed by atoms with Crippen molar-refractivity contribution in [3.63, 3.8) is 0 Å². The molecule has 0 heterocycles. The van der Waals surface area contributed by atoms with Gasteiger partial charge in [0.2, 0.25) is 0 Å². The minimum absolute atomic E-state index is 0.374. The molecule has 0 atom stereocenters. The highest BCUT2D eigenvalue weighted by Gasteiger charge is 2.29. The van der Waals surface area contributed by atoms with Crippen molar-refractivity contribution in [2.45, 2.75) is 32.4 Å². The SMILES string of the molecule is CCC(F)(CC)c1cccc(N)c1N. The molecular weight excluding hydrogens is 179 g/mol. The summed E-state index contributed by atoms with van der Waals surface area (Å²) >= 11 is 0. The Bertz CT molecular complexity index is 319. The van der Waals surface area contributed by atoms with Crippen LogP contribution in [0, 0.1) is 0 Å². The van der Waals surface area contributed by atoms with Crippen LogP contribution in [0.2, 0.25) is 0 Å². The van der Waals surface area contributed by atoms with Crippen molar-refractivity contribution >= 4 is 11.4 Å². The monoisotopic (exact) mass is 196 g/mol. The summed E-state index contributed by atoms with van der Waals surface area (Å²) in [6, 6.07) is 5.13. The third kappa shape index (κ3) is 1.67. The zero-order chi connectivity index (χ0) is 10.8. The molecule has 0 fully saturated rings. The molecule has 0 saturated heterocycles. The average molecular weight is 196 g/mol. The van der Waals surface area contributed by atoms with Gasteiger partial charge in [-0.15, -0.1) is 0 Å². The fraction of sp³-hybridized carbons (Fsp3) is 0.455. The number of hydrogen-bond donors (Lipinski definition) is 2. The lowest BCUT2D eigenvalue weighted by atomic mass is 9.89. The highest BCUT2D eigenvalue weighted by atomic mass is 19.1. The number of benzene rings is 1. The van der Waals surface area contributed by atoms with Crippen LogP contribution in [0.1, 0.15) is 32.3 Å². The Morgan fingerprint density at radius 2 is 1.79 bits per heavy atom. The molecule has 0 aromatic heterocycles. The van der Waals surface area contributed by atoms with Crippen LogP contribution in [-0.4, -0.2) is 0 Å². The number of hydrogen-bond acceptors (Lipinski definition) is 2. The number of halogens is 1. The summed E-state index contributed by atoms with van der Waals surface area (Å²) in [5, 5.41) is 0. The molecule has 1 aromatic rings. The van der Waals surface area contributed by atoms with E-state index < -0.39 is 5.67 Å². The smallest absolute Gasteiger partial charge is 0.137 e. The van der Waals surface area contributed by atoms with E-state index in [2.05, 4.69) is 0 Å². The van der Waals surface area contributed by atoms with Gasteiger partial charge in [-0.2, -0.15) is 0 Å². The number of nitrogens with two attached hydrogens (primary N) is 2. The second-order valence-electron chi connectivity index (χ2n) is 3.48. The molecule has 0 bridgehead atoms. The summed E-state index contributed by atoms with van der Waals surface area (Å²) < 4.78 is 14.3. The van der Waals surface area contributed by atoms with Crippen LogP contribution in [-0.2, 0) is 5.67 Å². The van der Waals surface area contributed by atoms with Gasteiger partial charge in [-0.3, -0.25) is 0 Å². The number of anilines is 2. The van der Waals surface area contributed by atoms with Crippen LogP contribution in [0.15, 0.2) is 18.2 Å². The predicted molar refractivity (Wildman–Crippen MR) is 58.6 cm³/mol. The Kier molecular flexibility index (Phi) is 2.99. The average Bonchev–Trinajstić information content (AvgIpc) is 2.21. The minimum atomic E-state index is -1.35. The van der Waals surface area contributed by atoms with E-state index in [4.69, 9.17) is 11.5 Å². The van der Waals surface area contributed by atoms with Crippen molar-refractivity contribution in [1.82, 2.24) is 0 Å². The van der Waals surface area contributed by atoms with Crippen molar-refractivity contribution < 1.29 is 4.39 Å². The number of nitrogen functional groups attached to an aromatic ring is 2. The standard InChI is InChI=1S/C11H17FN2/c1-3-11(12,4-2)8-6-5-7-9(13)10(8)14/h5-7H,3-4,13-14H2,1-2H3. The molecule has 0 unspecified atom stereocenters. The van der Waals surface area contributed by atoms with Crippen molar-refractivity contribution in [1.29, 1.82) is 0 Å². The fourth-order valence-corrected chi connectivity index (χ4v) is 1.60. The number of para-hydroxylation sites is 1. The number of rotatable bonds is 3. The van der Waals surface area contributed by atoms with Gasteiger partial charge in [0, 0.05) is 5.56 Å². The van der Waals surface area contributed by atoms with E-state index in [1.165, 1.54) is 0 Å². The maximum Gasteiger partial charge on any atom is 0.137 e. The maximum atomic E-state index is 14.3. The van der Waals surface area contributed by atoms with Gasteiger partial charge < -0.3 is 11.5 Å². The van der Waals surface area contributed by atoms with Crippen molar-refractivity contribution in [3.8, 4) is 0 Å². The Hall–Kier alpha value is -1.25.